The summed E-state index contributed by atoms with van der Waals surface area (Å²) in [4.78, 5) is 3.98. The van der Waals surface area contributed by atoms with Gasteiger partial charge in [0, 0.05) is 32.7 Å². The first-order chi connectivity index (χ1) is 4.25. The molecule has 1 aromatic rings. The molecule has 0 aliphatic heterocycles. The number of hydrogen-bond acceptors (Lipinski definition) is 1. The molecule has 0 amide bonds. The van der Waals surface area contributed by atoms with Gasteiger partial charge in [-0.15, -0.1) is 12.2 Å². The van der Waals surface area contributed by atoms with Crippen molar-refractivity contribution in [3.63, 3.8) is 0 Å². The van der Waals surface area contributed by atoms with Crippen LogP contribution in [0.1, 0.15) is 11.4 Å². The van der Waals surface area contributed by atoms with Gasteiger partial charge in [-0.1, -0.05) is 19.5 Å². The Labute approximate surface area is 86.9 Å². The Hall–Kier alpha value is 0.314. The zero-order valence-corrected chi connectivity index (χ0v) is 9.22. The third kappa shape index (κ3) is 1.90. The smallest absolute Gasteiger partial charge is 0 e. The summed E-state index contributed by atoms with van der Waals surface area (Å²) in [5.74, 6) is 0. The molecule has 10 heavy (non-hydrogen) atoms. The molecule has 0 bridgehead atoms. The molecule has 1 heterocycles. The summed E-state index contributed by atoms with van der Waals surface area (Å²) < 4.78 is 1.90. The number of aromatic nitrogens is 2. The molecule has 53 valence electrons. The van der Waals surface area contributed by atoms with Crippen molar-refractivity contribution in [1.82, 2.24) is 9.55 Å². The number of rotatable bonds is 1. The van der Waals surface area contributed by atoms with Gasteiger partial charge in [0.05, 0.1) is 0 Å². The van der Waals surface area contributed by atoms with Crippen LogP contribution in [0.15, 0.2) is 0 Å². The molecule has 0 spiro atoms. The van der Waals surface area contributed by atoms with Gasteiger partial charge >= 0.3 is 0 Å². The number of imidazole rings is 1. The largest absolute Gasteiger partial charge is 0.479 e. The van der Waals surface area contributed by atoms with Crippen LogP contribution in [0.3, 0.4) is 0 Å². The molecule has 0 aromatic carbocycles. The van der Waals surface area contributed by atoms with Crippen LogP contribution in [0.5, 0.6) is 0 Å². The predicted molar refractivity (Wildman–Crippen MR) is 35.9 cm³/mol. The van der Waals surface area contributed by atoms with Crippen LogP contribution in [0, 0.1) is 27.1 Å². The van der Waals surface area contributed by atoms with E-state index in [1.54, 1.807) is 0 Å². The van der Waals surface area contributed by atoms with Crippen molar-refractivity contribution in [3.8, 4) is 0 Å². The van der Waals surface area contributed by atoms with Gasteiger partial charge in [-0.25, -0.2) is 0 Å². The van der Waals surface area contributed by atoms with Gasteiger partial charge in [-0.2, -0.15) is 0 Å². The van der Waals surface area contributed by atoms with Gasteiger partial charge in [0.1, 0.15) is 0 Å². The second kappa shape index (κ2) is 4.25. The Morgan fingerprint density at radius 3 is 2.40 bits per heavy atom. The second-order valence-electron chi connectivity index (χ2n) is 2.03. The van der Waals surface area contributed by atoms with Crippen LogP contribution >= 0.6 is 0 Å². The Balaban J connectivity index is 0.000000810. The van der Waals surface area contributed by atoms with E-state index in [1.807, 2.05) is 18.4 Å². The molecule has 1 aromatic heterocycles. The van der Waals surface area contributed by atoms with E-state index < -0.39 is 0 Å². The number of nitrogens with zero attached hydrogens (tertiary/aromatic N) is 2. The van der Waals surface area contributed by atoms with E-state index >= 15 is 0 Å². The summed E-state index contributed by atoms with van der Waals surface area (Å²) in [7, 11) is 0. The normalized spacial score (nSPS) is 9.10. The van der Waals surface area contributed by atoms with Crippen molar-refractivity contribution >= 4 is 0 Å². The zero-order valence-electron chi connectivity index (χ0n) is 6.39. The van der Waals surface area contributed by atoms with Crippen LogP contribution in [-0.4, -0.2) is 9.55 Å². The maximum atomic E-state index is 3.98. The Kier molecular flexibility index (Phi) is 4.38. The maximum Gasteiger partial charge on any atom is 0 e. The molecule has 0 saturated carbocycles. The minimum Gasteiger partial charge on any atom is -0.479 e. The van der Waals surface area contributed by atoms with Gasteiger partial charge in [-0.3, -0.25) is 0 Å². The van der Waals surface area contributed by atoms with Crippen molar-refractivity contribution in [2.75, 3.05) is 0 Å². The van der Waals surface area contributed by atoms with Crippen molar-refractivity contribution in [1.29, 1.82) is 0 Å². The summed E-state index contributed by atoms with van der Waals surface area (Å²) in [6.07, 6.45) is 2.83. The number of aryl methyl sites for hydroxylation is 1. The maximum absolute atomic E-state index is 3.98. The molecule has 2 nitrogen and oxygen atoms in total. The molecule has 0 fully saturated rings. The van der Waals surface area contributed by atoms with E-state index in [4.69, 9.17) is 0 Å². The van der Waals surface area contributed by atoms with Crippen molar-refractivity contribution in [3.05, 3.63) is 24.6 Å². The third-order valence-corrected chi connectivity index (χ3v) is 1.49. The molecule has 0 saturated heterocycles. The average Bonchev–Trinajstić information content (AvgIpc) is 2.15. The first kappa shape index (κ1) is 10.3. The van der Waals surface area contributed by atoms with Gasteiger partial charge in [0.2, 0.25) is 0 Å². The summed E-state index contributed by atoms with van der Waals surface area (Å²) >= 11 is 0. The first-order valence-corrected chi connectivity index (χ1v) is 2.96. The second-order valence-corrected chi connectivity index (χ2v) is 2.03. The quantitative estimate of drug-likeness (QED) is 0.636. The van der Waals surface area contributed by atoms with Gasteiger partial charge in [-0.05, 0) is 6.33 Å². The van der Waals surface area contributed by atoms with Gasteiger partial charge in [0.25, 0.3) is 0 Å². The molecule has 0 unspecified atom stereocenters. The summed E-state index contributed by atoms with van der Waals surface area (Å²) in [5, 5.41) is 0. The summed E-state index contributed by atoms with van der Waals surface area (Å²) in [6.45, 7) is 8.42. The van der Waals surface area contributed by atoms with Crippen molar-refractivity contribution < 1.29 is 32.7 Å². The first-order valence-electron chi connectivity index (χ1n) is 2.96. The van der Waals surface area contributed by atoms with Crippen LogP contribution in [0.2, 0.25) is 0 Å². The standard InChI is InChI=1S/C7H10N2.Y/c1-4-9-5-8-6(2)7(9)3;/h1,4H2,2-3H3;/q-2;. The Morgan fingerprint density at radius 1 is 1.60 bits per heavy atom. The van der Waals surface area contributed by atoms with E-state index in [0.717, 1.165) is 11.4 Å². The zero-order chi connectivity index (χ0) is 6.85. The summed E-state index contributed by atoms with van der Waals surface area (Å²) in [6, 6.07) is 0. The minimum absolute atomic E-state index is 0. The number of hydrogen-bond donors (Lipinski definition) is 0. The van der Waals surface area contributed by atoms with E-state index in [9.17, 15) is 0 Å². The van der Waals surface area contributed by atoms with E-state index in [2.05, 4.69) is 18.2 Å². The predicted octanol–water partition coefficient (Wildman–Crippen LogP) is 1.13. The van der Waals surface area contributed by atoms with Crippen LogP contribution in [-0.2, 0) is 39.3 Å². The third-order valence-electron chi connectivity index (χ3n) is 1.49. The molecule has 1 radical (unpaired) electrons. The fourth-order valence-corrected chi connectivity index (χ4v) is 0.704. The van der Waals surface area contributed by atoms with E-state index in [-0.39, 0.29) is 32.7 Å². The van der Waals surface area contributed by atoms with Crippen molar-refractivity contribution in [2.45, 2.75) is 20.4 Å². The molecule has 0 aliphatic carbocycles. The Bertz CT molecular complexity index is 205. The molecule has 1 rings (SSSR count). The molecule has 0 N–H and O–H groups in total. The monoisotopic (exact) mass is 211 g/mol. The SMILES string of the molecule is [CH2-]Cn1[c-]nc(C)c1C.[Y]. The van der Waals surface area contributed by atoms with Crippen LogP contribution in [0.25, 0.3) is 0 Å². The van der Waals surface area contributed by atoms with E-state index in [0.29, 0.717) is 6.54 Å². The Morgan fingerprint density at radius 2 is 2.20 bits per heavy atom. The van der Waals surface area contributed by atoms with Crippen LogP contribution in [0.4, 0.5) is 0 Å². The molecular weight excluding hydrogens is 201 g/mol. The molecule has 3 heteroatoms. The van der Waals surface area contributed by atoms with Gasteiger partial charge in [0.15, 0.2) is 0 Å². The molecule has 0 aliphatic rings. The summed E-state index contributed by atoms with van der Waals surface area (Å²) in [5.41, 5.74) is 2.20. The fourth-order valence-electron chi connectivity index (χ4n) is 0.704. The van der Waals surface area contributed by atoms with E-state index in [1.165, 1.54) is 0 Å². The molecule has 0 atom stereocenters. The fraction of sp³-hybridized carbons (Fsp3) is 0.429. The minimum atomic E-state index is 0. The molecular formula is C7H10N2Y-2. The van der Waals surface area contributed by atoms with Crippen molar-refractivity contribution in [2.24, 2.45) is 0 Å². The topological polar surface area (TPSA) is 17.8 Å². The van der Waals surface area contributed by atoms with Gasteiger partial charge < -0.3 is 16.5 Å². The van der Waals surface area contributed by atoms with Crippen LogP contribution < -0.4 is 0 Å². The average molecular weight is 211 g/mol.